The molecule has 0 saturated heterocycles. The fourth-order valence-electron chi connectivity index (χ4n) is 2.85. The number of ether oxygens (including phenoxy) is 2. The first-order valence-corrected chi connectivity index (χ1v) is 9.41. The molecule has 0 radical (unpaired) electrons. The molecule has 26 heavy (non-hydrogen) atoms. The minimum absolute atomic E-state index is 0.176. The average Bonchev–Trinajstić information content (AvgIpc) is 2.67. The quantitative estimate of drug-likeness (QED) is 0.571. The Morgan fingerprint density at radius 2 is 1.77 bits per heavy atom. The summed E-state index contributed by atoms with van der Waals surface area (Å²) in [6.45, 7) is 7.21. The van der Waals surface area contributed by atoms with E-state index in [0.29, 0.717) is 6.54 Å². The van der Waals surface area contributed by atoms with Crippen molar-refractivity contribution in [3.05, 3.63) is 71.3 Å². The molecule has 0 bridgehead atoms. The van der Waals surface area contributed by atoms with Crippen LogP contribution in [-0.4, -0.2) is 44.1 Å². The van der Waals surface area contributed by atoms with Crippen LogP contribution in [0.3, 0.4) is 0 Å². The van der Waals surface area contributed by atoms with Gasteiger partial charge < -0.3 is 19.9 Å². The van der Waals surface area contributed by atoms with E-state index in [0.717, 1.165) is 37.3 Å². The van der Waals surface area contributed by atoms with Gasteiger partial charge in [0, 0.05) is 19.8 Å². The fraction of sp³-hybridized carbons (Fsp3) is 0.455. The minimum Gasteiger partial charge on any atom is -0.389 e. The molecule has 2 unspecified atom stereocenters. The minimum atomic E-state index is -0.544. The maximum atomic E-state index is 10.2. The third kappa shape index (κ3) is 6.89. The smallest absolute Gasteiger partial charge is 0.108 e. The molecule has 142 valence electrons. The van der Waals surface area contributed by atoms with E-state index in [4.69, 9.17) is 9.47 Å². The molecule has 0 aliphatic rings. The molecule has 2 aromatic carbocycles. The monoisotopic (exact) mass is 357 g/mol. The Morgan fingerprint density at radius 3 is 2.50 bits per heavy atom. The lowest BCUT2D eigenvalue weighted by molar-refractivity contribution is 0.00626. The molecule has 0 heterocycles. The molecule has 0 aliphatic carbocycles. The highest BCUT2D eigenvalue weighted by molar-refractivity contribution is 5.35. The van der Waals surface area contributed by atoms with Gasteiger partial charge in [-0.25, -0.2) is 0 Å². The summed E-state index contributed by atoms with van der Waals surface area (Å²) in [5.74, 6) is 0. The number of aryl methyl sites for hydroxylation is 1. The summed E-state index contributed by atoms with van der Waals surface area (Å²) in [6.07, 6.45) is 0.222. The summed E-state index contributed by atoms with van der Waals surface area (Å²) >= 11 is 0. The Labute approximate surface area is 157 Å². The number of hydrogen-bond acceptors (Lipinski definition) is 4. The molecule has 4 nitrogen and oxygen atoms in total. The third-order valence-corrected chi connectivity index (χ3v) is 4.25. The first-order chi connectivity index (χ1) is 12.7. The summed E-state index contributed by atoms with van der Waals surface area (Å²) in [5.41, 5.74) is 3.42. The molecule has 2 N–H and O–H groups in total. The molecular weight excluding hydrogens is 326 g/mol. The second-order valence-electron chi connectivity index (χ2n) is 6.39. The molecule has 2 aromatic rings. The van der Waals surface area contributed by atoms with Gasteiger partial charge in [0.2, 0.25) is 0 Å². The van der Waals surface area contributed by atoms with Crippen molar-refractivity contribution in [3.63, 3.8) is 0 Å². The van der Waals surface area contributed by atoms with Gasteiger partial charge in [0.1, 0.15) is 6.10 Å². The summed E-state index contributed by atoms with van der Waals surface area (Å²) < 4.78 is 11.4. The van der Waals surface area contributed by atoms with Crippen molar-refractivity contribution in [2.75, 3.05) is 32.9 Å². The summed E-state index contributed by atoms with van der Waals surface area (Å²) in [7, 11) is 0. The third-order valence-electron chi connectivity index (χ3n) is 4.25. The molecule has 2 atom stereocenters. The molecule has 0 amide bonds. The number of rotatable bonds is 12. The van der Waals surface area contributed by atoms with Crippen LogP contribution in [0.25, 0.3) is 0 Å². The lowest BCUT2D eigenvalue weighted by atomic mass is 9.97. The van der Waals surface area contributed by atoms with Crippen LogP contribution in [0.15, 0.2) is 54.6 Å². The Balaban J connectivity index is 1.89. The average molecular weight is 357 g/mol. The van der Waals surface area contributed by atoms with Gasteiger partial charge >= 0.3 is 0 Å². The van der Waals surface area contributed by atoms with Crippen molar-refractivity contribution in [2.24, 2.45) is 0 Å². The van der Waals surface area contributed by atoms with Gasteiger partial charge in [-0.1, -0.05) is 54.6 Å². The summed E-state index contributed by atoms with van der Waals surface area (Å²) in [4.78, 5) is 0. The van der Waals surface area contributed by atoms with Crippen molar-refractivity contribution < 1.29 is 14.6 Å². The maximum absolute atomic E-state index is 10.2. The fourth-order valence-corrected chi connectivity index (χ4v) is 2.85. The van der Waals surface area contributed by atoms with E-state index in [1.165, 1.54) is 5.56 Å². The van der Waals surface area contributed by atoms with Gasteiger partial charge in [-0.3, -0.25) is 0 Å². The van der Waals surface area contributed by atoms with Crippen LogP contribution >= 0.6 is 0 Å². The van der Waals surface area contributed by atoms with Crippen LogP contribution in [0, 0.1) is 6.92 Å². The second kappa shape index (κ2) is 11.8. The summed E-state index contributed by atoms with van der Waals surface area (Å²) in [6, 6.07) is 18.4. The Kier molecular flexibility index (Phi) is 9.35. The highest BCUT2D eigenvalue weighted by Crippen LogP contribution is 2.28. The summed E-state index contributed by atoms with van der Waals surface area (Å²) in [5, 5.41) is 13.5. The van der Waals surface area contributed by atoms with Crippen LogP contribution in [0.2, 0.25) is 0 Å². The van der Waals surface area contributed by atoms with E-state index < -0.39 is 6.10 Å². The predicted molar refractivity (Wildman–Crippen MR) is 105 cm³/mol. The topological polar surface area (TPSA) is 50.7 Å². The molecule has 0 saturated carbocycles. The number of hydrogen-bond donors (Lipinski definition) is 2. The zero-order valence-electron chi connectivity index (χ0n) is 15.9. The largest absolute Gasteiger partial charge is 0.389 e. The van der Waals surface area contributed by atoms with E-state index in [1.807, 2.05) is 37.3 Å². The SMILES string of the molecule is CCOCCCNCC(O)COC(c1ccccc1)c1ccccc1C. The molecule has 4 heteroatoms. The zero-order chi connectivity index (χ0) is 18.6. The van der Waals surface area contributed by atoms with Gasteiger partial charge in [-0.15, -0.1) is 0 Å². The van der Waals surface area contributed by atoms with Crippen LogP contribution < -0.4 is 5.32 Å². The maximum Gasteiger partial charge on any atom is 0.108 e. The van der Waals surface area contributed by atoms with Crippen molar-refractivity contribution in [1.29, 1.82) is 0 Å². The first kappa shape index (κ1) is 20.6. The van der Waals surface area contributed by atoms with Gasteiger partial charge in [0.25, 0.3) is 0 Å². The molecule has 0 aliphatic heterocycles. The van der Waals surface area contributed by atoms with Crippen molar-refractivity contribution in [1.82, 2.24) is 5.32 Å². The molecule has 0 spiro atoms. The van der Waals surface area contributed by atoms with E-state index in [1.54, 1.807) is 0 Å². The zero-order valence-corrected chi connectivity index (χ0v) is 15.9. The van der Waals surface area contributed by atoms with Gasteiger partial charge in [0.15, 0.2) is 0 Å². The van der Waals surface area contributed by atoms with Gasteiger partial charge in [0.05, 0.1) is 12.7 Å². The first-order valence-electron chi connectivity index (χ1n) is 9.41. The second-order valence-corrected chi connectivity index (χ2v) is 6.39. The van der Waals surface area contributed by atoms with Crippen LogP contribution in [0.1, 0.15) is 36.1 Å². The lowest BCUT2D eigenvalue weighted by Crippen LogP contribution is -2.32. The molecule has 0 fully saturated rings. The van der Waals surface area contributed by atoms with Crippen LogP contribution in [-0.2, 0) is 9.47 Å². The predicted octanol–water partition coefficient (Wildman–Crippen LogP) is 3.48. The Bertz CT molecular complexity index is 618. The van der Waals surface area contributed by atoms with Crippen LogP contribution in [0.5, 0.6) is 0 Å². The highest BCUT2D eigenvalue weighted by atomic mass is 16.5. The van der Waals surface area contributed by atoms with Gasteiger partial charge in [-0.05, 0) is 43.5 Å². The highest BCUT2D eigenvalue weighted by Gasteiger charge is 2.18. The van der Waals surface area contributed by atoms with Crippen LogP contribution in [0.4, 0.5) is 0 Å². The number of nitrogens with one attached hydrogen (secondary N) is 1. The molecule has 0 aromatic heterocycles. The van der Waals surface area contributed by atoms with Crippen molar-refractivity contribution >= 4 is 0 Å². The normalized spacial score (nSPS) is 13.5. The number of aliphatic hydroxyl groups is 1. The Morgan fingerprint density at radius 1 is 1.04 bits per heavy atom. The van der Waals surface area contributed by atoms with Crippen molar-refractivity contribution in [2.45, 2.75) is 32.5 Å². The molecule has 2 rings (SSSR count). The van der Waals surface area contributed by atoms with E-state index in [-0.39, 0.29) is 12.7 Å². The van der Waals surface area contributed by atoms with E-state index in [2.05, 4.69) is 36.5 Å². The standard InChI is InChI=1S/C22H31NO3/c1-3-25-15-9-14-23-16-20(24)17-26-22(19-11-5-4-6-12-19)21-13-8-7-10-18(21)2/h4-8,10-13,20,22-24H,3,9,14-17H2,1-2H3. The van der Waals surface area contributed by atoms with Gasteiger partial charge in [-0.2, -0.15) is 0 Å². The lowest BCUT2D eigenvalue weighted by Gasteiger charge is -2.22. The van der Waals surface area contributed by atoms with E-state index in [9.17, 15) is 5.11 Å². The number of benzene rings is 2. The Hall–Kier alpha value is -1.72. The molecular formula is C22H31NO3. The van der Waals surface area contributed by atoms with E-state index >= 15 is 0 Å². The number of aliphatic hydroxyl groups excluding tert-OH is 1. The van der Waals surface area contributed by atoms with Crippen molar-refractivity contribution in [3.8, 4) is 0 Å².